The number of aryl methyl sites for hydroxylation is 1. The summed E-state index contributed by atoms with van der Waals surface area (Å²) in [5.74, 6) is 0.415. The molecule has 0 aromatic heterocycles. The summed E-state index contributed by atoms with van der Waals surface area (Å²) in [6.45, 7) is 3.75. The number of carbonyl (C=O) groups excluding carboxylic acids is 2. The van der Waals surface area contributed by atoms with Gasteiger partial charge in [-0.3, -0.25) is 5.43 Å². The van der Waals surface area contributed by atoms with Gasteiger partial charge in [0.05, 0.1) is 31.5 Å². The molecule has 1 fully saturated rings. The first-order valence-electron chi connectivity index (χ1n) is 12.5. The molecular weight excluding hydrogens is 468 g/mol. The lowest BCUT2D eigenvalue weighted by molar-refractivity contribution is 0.0602. The Bertz CT molecular complexity index is 1200. The largest absolute Gasteiger partial charge is 0.497 e. The van der Waals surface area contributed by atoms with Crippen LogP contribution in [-0.4, -0.2) is 44.2 Å². The number of nitrogens with one attached hydrogen (secondary N) is 3. The lowest BCUT2D eigenvalue weighted by atomic mass is 9.94. The smallest absolute Gasteiger partial charge is 0.339 e. The Balaban J connectivity index is 1.57. The highest BCUT2D eigenvalue weighted by Gasteiger charge is 2.31. The molecule has 8 heteroatoms. The zero-order chi connectivity index (χ0) is 26.2. The fourth-order valence-electron chi connectivity index (χ4n) is 4.55. The second kappa shape index (κ2) is 12.4. The second-order valence-corrected chi connectivity index (χ2v) is 9.05. The van der Waals surface area contributed by atoms with E-state index in [0.717, 1.165) is 23.3 Å². The van der Waals surface area contributed by atoms with Crippen molar-refractivity contribution < 1.29 is 19.1 Å². The van der Waals surface area contributed by atoms with Crippen LogP contribution in [0.1, 0.15) is 40.0 Å². The van der Waals surface area contributed by atoms with Gasteiger partial charge in [0.1, 0.15) is 5.75 Å². The van der Waals surface area contributed by atoms with E-state index in [9.17, 15) is 9.59 Å². The first kappa shape index (κ1) is 26.2. The number of rotatable bonds is 9. The number of anilines is 1. The standard InChI is InChI=1S/C29H34N4O4/c1-4-20-9-11-21(12-10-20)18-33(29(35)31-26-8-6-5-7-25(26)28(34)37-3)19-23-17-30-32-27(23)22-13-15-24(36-2)16-14-22/h5-16,23,27,30,32H,4,17-19H2,1-3H3,(H,31,35). The Morgan fingerprint density at radius 3 is 2.35 bits per heavy atom. The highest BCUT2D eigenvalue weighted by molar-refractivity contribution is 6.00. The van der Waals surface area contributed by atoms with Crippen LogP contribution in [0.4, 0.5) is 10.5 Å². The minimum absolute atomic E-state index is 0.0195. The molecule has 3 aromatic carbocycles. The Kier molecular flexibility index (Phi) is 8.77. The summed E-state index contributed by atoms with van der Waals surface area (Å²) in [7, 11) is 2.97. The van der Waals surface area contributed by atoms with E-state index in [2.05, 4.69) is 47.4 Å². The molecule has 0 aliphatic carbocycles. The van der Waals surface area contributed by atoms with E-state index in [1.165, 1.54) is 12.7 Å². The van der Waals surface area contributed by atoms with Crippen molar-refractivity contribution in [3.05, 3.63) is 95.1 Å². The van der Waals surface area contributed by atoms with Crippen molar-refractivity contribution >= 4 is 17.7 Å². The zero-order valence-corrected chi connectivity index (χ0v) is 21.5. The monoisotopic (exact) mass is 502 g/mol. The minimum Gasteiger partial charge on any atom is -0.497 e. The third kappa shape index (κ3) is 6.47. The molecule has 0 radical (unpaired) electrons. The summed E-state index contributed by atoms with van der Waals surface area (Å²) in [6.07, 6.45) is 0.956. The maximum atomic E-state index is 13.6. The van der Waals surface area contributed by atoms with Crippen molar-refractivity contribution in [3.63, 3.8) is 0 Å². The average molecular weight is 503 g/mol. The third-order valence-corrected chi connectivity index (χ3v) is 6.69. The van der Waals surface area contributed by atoms with E-state index < -0.39 is 5.97 Å². The number of methoxy groups -OCH3 is 2. The minimum atomic E-state index is -0.499. The molecule has 2 unspecified atom stereocenters. The van der Waals surface area contributed by atoms with Crippen LogP contribution in [0, 0.1) is 5.92 Å². The second-order valence-electron chi connectivity index (χ2n) is 9.05. The molecule has 1 heterocycles. The van der Waals surface area contributed by atoms with E-state index >= 15 is 0 Å². The van der Waals surface area contributed by atoms with Crippen LogP contribution in [0.3, 0.4) is 0 Å². The van der Waals surface area contributed by atoms with Gasteiger partial charge in [-0.05, 0) is 47.4 Å². The summed E-state index contributed by atoms with van der Waals surface area (Å²) < 4.78 is 10.2. The Morgan fingerprint density at radius 2 is 1.68 bits per heavy atom. The number of esters is 1. The number of benzene rings is 3. The maximum absolute atomic E-state index is 13.6. The first-order valence-corrected chi connectivity index (χ1v) is 12.5. The Hall–Kier alpha value is -3.88. The van der Waals surface area contributed by atoms with Gasteiger partial charge in [0.15, 0.2) is 0 Å². The van der Waals surface area contributed by atoms with Crippen LogP contribution in [0.5, 0.6) is 5.75 Å². The van der Waals surface area contributed by atoms with E-state index in [0.29, 0.717) is 30.9 Å². The molecule has 2 atom stereocenters. The van der Waals surface area contributed by atoms with Gasteiger partial charge >= 0.3 is 12.0 Å². The lowest BCUT2D eigenvalue weighted by Crippen LogP contribution is -2.40. The van der Waals surface area contributed by atoms with Crippen molar-refractivity contribution in [1.29, 1.82) is 0 Å². The van der Waals surface area contributed by atoms with Gasteiger partial charge in [0, 0.05) is 25.6 Å². The van der Waals surface area contributed by atoms with Crippen LogP contribution < -0.4 is 20.9 Å². The highest BCUT2D eigenvalue weighted by atomic mass is 16.5. The molecule has 0 saturated carbocycles. The molecule has 3 aromatic rings. The van der Waals surface area contributed by atoms with E-state index in [1.807, 2.05) is 24.3 Å². The Morgan fingerprint density at radius 1 is 0.973 bits per heavy atom. The topological polar surface area (TPSA) is 91.9 Å². The van der Waals surface area contributed by atoms with Crippen molar-refractivity contribution in [2.75, 3.05) is 32.6 Å². The van der Waals surface area contributed by atoms with E-state index in [-0.39, 0.29) is 18.0 Å². The summed E-state index contributed by atoms with van der Waals surface area (Å²) in [4.78, 5) is 27.7. The number of amides is 2. The molecule has 1 aliphatic rings. The Labute approximate surface area is 217 Å². The van der Waals surface area contributed by atoms with Gasteiger partial charge in [-0.25, -0.2) is 15.0 Å². The van der Waals surface area contributed by atoms with Crippen LogP contribution in [-0.2, 0) is 17.7 Å². The summed E-state index contributed by atoms with van der Waals surface area (Å²) in [6, 6.07) is 22.9. The van der Waals surface area contributed by atoms with Crippen LogP contribution in [0.2, 0.25) is 0 Å². The number of hydrogen-bond donors (Lipinski definition) is 3. The highest BCUT2D eigenvalue weighted by Crippen LogP contribution is 2.28. The van der Waals surface area contributed by atoms with Crippen molar-refractivity contribution in [1.82, 2.24) is 15.8 Å². The molecule has 3 N–H and O–H groups in total. The normalized spacial score (nSPS) is 16.7. The maximum Gasteiger partial charge on any atom is 0.339 e. The number of ether oxygens (including phenoxy) is 2. The third-order valence-electron chi connectivity index (χ3n) is 6.69. The van der Waals surface area contributed by atoms with Crippen molar-refractivity contribution in [2.45, 2.75) is 25.9 Å². The summed E-state index contributed by atoms with van der Waals surface area (Å²) in [5.41, 5.74) is 10.7. The van der Waals surface area contributed by atoms with Crippen molar-refractivity contribution in [2.24, 2.45) is 5.92 Å². The number of urea groups is 1. The fourth-order valence-corrected chi connectivity index (χ4v) is 4.55. The van der Waals surface area contributed by atoms with Gasteiger partial charge in [-0.15, -0.1) is 0 Å². The first-order chi connectivity index (χ1) is 18.0. The molecule has 37 heavy (non-hydrogen) atoms. The fraction of sp³-hybridized carbons (Fsp3) is 0.310. The summed E-state index contributed by atoms with van der Waals surface area (Å²) in [5, 5.41) is 2.94. The summed E-state index contributed by atoms with van der Waals surface area (Å²) >= 11 is 0. The molecule has 194 valence electrons. The van der Waals surface area contributed by atoms with Crippen LogP contribution in [0.15, 0.2) is 72.8 Å². The van der Waals surface area contributed by atoms with Crippen LogP contribution in [0.25, 0.3) is 0 Å². The van der Waals surface area contributed by atoms with Crippen molar-refractivity contribution in [3.8, 4) is 5.75 Å². The van der Waals surface area contributed by atoms with Gasteiger partial charge in [0.2, 0.25) is 0 Å². The SMILES string of the molecule is CCc1ccc(CN(CC2CNNC2c2ccc(OC)cc2)C(=O)Nc2ccccc2C(=O)OC)cc1. The average Bonchev–Trinajstić information content (AvgIpc) is 3.41. The molecule has 8 nitrogen and oxygen atoms in total. The van der Waals surface area contributed by atoms with Gasteiger partial charge in [-0.1, -0.05) is 55.5 Å². The number of hydrogen-bond acceptors (Lipinski definition) is 6. The molecule has 1 saturated heterocycles. The number of nitrogens with zero attached hydrogens (tertiary/aromatic N) is 1. The zero-order valence-electron chi connectivity index (χ0n) is 21.5. The van der Waals surface area contributed by atoms with Gasteiger partial charge in [-0.2, -0.15) is 0 Å². The van der Waals surface area contributed by atoms with Crippen LogP contribution >= 0.6 is 0 Å². The quantitative estimate of drug-likeness (QED) is 0.372. The number of carbonyl (C=O) groups is 2. The number of para-hydroxylation sites is 1. The van der Waals surface area contributed by atoms with Gasteiger partial charge in [0.25, 0.3) is 0 Å². The predicted octanol–water partition coefficient (Wildman–Crippen LogP) is 4.54. The molecule has 0 bridgehead atoms. The molecule has 0 spiro atoms. The van der Waals surface area contributed by atoms with Gasteiger partial charge < -0.3 is 19.7 Å². The predicted molar refractivity (Wildman–Crippen MR) is 143 cm³/mol. The van der Waals surface area contributed by atoms with E-state index in [4.69, 9.17) is 9.47 Å². The molecule has 4 rings (SSSR count). The molecule has 2 amide bonds. The number of hydrazine groups is 1. The lowest BCUT2D eigenvalue weighted by Gasteiger charge is -2.29. The molecule has 1 aliphatic heterocycles. The van der Waals surface area contributed by atoms with E-state index in [1.54, 1.807) is 36.3 Å². The molecular formula is C29H34N4O4.